The zero-order chi connectivity index (χ0) is 75.0. The van der Waals surface area contributed by atoms with Crippen molar-refractivity contribution in [1.29, 1.82) is 0 Å². The third kappa shape index (κ3) is 7.70. The van der Waals surface area contributed by atoms with Gasteiger partial charge in [-0.05, 0) is 141 Å². The van der Waals surface area contributed by atoms with Crippen molar-refractivity contribution < 1.29 is 0 Å². The smallest absolute Gasteiger partial charge is 0.168 e. The molecule has 18 aromatic carbocycles. The predicted octanol–water partition coefficient (Wildman–Crippen LogP) is 27.1. The number of aromatic nitrogens is 10. The number of hydrogen-bond acceptors (Lipinski definition) is 4. The van der Waals surface area contributed by atoms with Crippen molar-refractivity contribution in [2.45, 2.75) is 0 Å². The molecule has 28 rings (SSSR count). The highest BCUT2D eigenvalue weighted by atomic mass is 15.3. The predicted molar refractivity (Wildman–Crippen MR) is 483 cm³/mol. The van der Waals surface area contributed by atoms with E-state index in [1.807, 2.05) is 0 Å². The minimum Gasteiger partial charge on any atom is -0.309 e. The molecule has 116 heavy (non-hydrogen) atoms. The topological polar surface area (TPSA) is 80.1 Å². The molecule has 0 aliphatic heterocycles. The molecule has 0 aliphatic rings. The van der Waals surface area contributed by atoms with Crippen LogP contribution in [0.25, 0.3) is 263 Å². The summed E-state index contributed by atoms with van der Waals surface area (Å²) in [5.74, 6) is 2.36. The highest BCUT2D eigenvalue weighted by Crippen LogP contribution is 2.53. The van der Waals surface area contributed by atoms with Crippen LogP contribution < -0.4 is 0 Å². The van der Waals surface area contributed by atoms with Gasteiger partial charge in [0.15, 0.2) is 17.5 Å². The van der Waals surface area contributed by atoms with Crippen molar-refractivity contribution in [1.82, 2.24) is 47.5 Å². The van der Waals surface area contributed by atoms with E-state index in [0.29, 0.717) is 0 Å². The largest absolute Gasteiger partial charge is 0.309 e. The van der Waals surface area contributed by atoms with Crippen LogP contribution in [0.15, 0.2) is 352 Å². The molecule has 0 fully saturated rings. The van der Waals surface area contributed by atoms with E-state index in [2.05, 4.69) is 379 Å². The first kappa shape index (κ1) is 61.0. The van der Waals surface area contributed by atoms with Crippen LogP contribution in [0.1, 0.15) is 0 Å². The van der Waals surface area contributed by atoms with E-state index in [4.69, 9.17) is 20.4 Å². The Balaban J connectivity index is 0.644. The summed E-state index contributed by atoms with van der Waals surface area (Å²) in [5.41, 5.74) is 21.0. The Morgan fingerprint density at radius 1 is 0.164 bits per heavy atom. The van der Waals surface area contributed by atoms with Crippen LogP contribution in [0.4, 0.5) is 0 Å². The molecule has 0 aliphatic carbocycles. The fourth-order valence-electron chi connectivity index (χ4n) is 21.2. The Hall–Kier alpha value is -15.8. The Morgan fingerprint density at radius 3 is 1.09 bits per heavy atom. The molecule has 10 nitrogen and oxygen atoms in total. The van der Waals surface area contributed by atoms with Crippen LogP contribution in [0.3, 0.4) is 0 Å². The van der Waals surface area contributed by atoms with Gasteiger partial charge in [-0.15, -0.1) is 20.4 Å². The van der Waals surface area contributed by atoms with Gasteiger partial charge in [-0.2, -0.15) is 0 Å². The van der Waals surface area contributed by atoms with Crippen LogP contribution in [0.2, 0.25) is 0 Å². The Labute approximate surface area is 657 Å². The summed E-state index contributed by atoms with van der Waals surface area (Å²) in [7, 11) is 0. The van der Waals surface area contributed by atoms with Crippen molar-refractivity contribution in [2.75, 3.05) is 0 Å². The maximum atomic E-state index is 5.49. The SMILES string of the molecule is c1ccc(-n2c3ccc(-c4ccc5c6cc7c8ccccc8n(-c8nnc(-n9c%10ccccc%10c%10c%11ccccc%11ccc%109)c9ccccc89)c7c7c8c9ccccc9ccc8n(c5c4)c67)cc3c3cc(-c4nnc(-n5c6ccccc6c6cc7c8ccccc8n8c9ccc%10ccccc%10c9c(c65)c78)c5ccccc45)ccc32)cc1. The average Bonchev–Trinajstić information content (AvgIpc) is 1.51. The van der Waals surface area contributed by atoms with Gasteiger partial charge in [-0.1, -0.05) is 255 Å². The third-order valence-corrected chi connectivity index (χ3v) is 26.0. The van der Waals surface area contributed by atoms with E-state index in [0.717, 1.165) is 144 Å². The zero-order valence-corrected chi connectivity index (χ0v) is 62.0. The zero-order valence-electron chi connectivity index (χ0n) is 62.0. The lowest BCUT2D eigenvalue weighted by Crippen LogP contribution is -2.06. The summed E-state index contributed by atoms with van der Waals surface area (Å²) in [4.78, 5) is 0. The molecule has 0 saturated heterocycles. The fraction of sp³-hybridized carbons (Fsp3) is 0. The van der Waals surface area contributed by atoms with Crippen molar-refractivity contribution in [3.05, 3.63) is 352 Å². The van der Waals surface area contributed by atoms with Crippen LogP contribution in [-0.2, 0) is 0 Å². The maximum Gasteiger partial charge on any atom is 0.168 e. The Morgan fingerprint density at radius 2 is 0.526 bits per heavy atom. The lowest BCUT2D eigenvalue weighted by Gasteiger charge is -2.15. The van der Waals surface area contributed by atoms with E-state index in [9.17, 15) is 0 Å². The fourth-order valence-corrected chi connectivity index (χ4v) is 21.2. The molecule has 0 spiro atoms. The van der Waals surface area contributed by atoms with E-state index in [1.54, 1.807) is 0 Å². The van der Waals surface area contributed by atoms with Crippen LogP contribution >= 0.6 is 0 Å². The molecule has 10 heterocycles. The minimum atomic E-state index is 0.781. The second-order valence-electron chi connectivity index (χ2n) is 31.6. The first-order valence-corrected chi connectivity index (χ1v) is 39.8. The van der Waals surface area contributed by atoms with E-state index < -0.39 is 0 Å². The second-order valence-corrected chi connectivity index (χ2v) is 31.6. The van der Waals surface area contributed by atoms with Gasteiger partial charge in [0.2, 0.25) is 0 Å². The third-order valence-electron chi connectivity index (χ3n) is 26.0. The van der Waals surface area contributed by atoms with Gasteiger partial charge in [0, 0.05) is 119 Å². The van der Waals surface area contributed by atoms with Crippen molar-refractivity contribution in [2.24, 2.45) is 0 Å². The van der Waals surface area contributed by atoms with E-state index in [-0.39, 0.29) is 0 Å². The number of fused-ring (bicyclic) bond motifs is 34. The monoisotopic (exact) mass is 1470 g/mol. The first-order valence-electron chi connectivity index (χ1n) is 39.8. The molecule has 0 atom stereocenters. The molecule has 28 aromatic rings. The average molecular weight is 1470 g/mol. The summed E-state index contributed by atoms with van der Waals surface area (Å²) < 4.78 is 14.6. The van der Waals surface area contributed by atoms with Gasteiger partial charge in [-0.25, -0.2) is 0 Å². The second kappa shape index (κ2) is 22.1. The molecule has 0 saturated carbocycles. The lowest BCUT2D eigenvalue weighted by atomic mass is 9.98. The number of para-hydroxylation sites is 5. The lowest BCUT2D eigenvalue weighted by molar-refractivity contribution is 0.930. The summed E-state index contributed by atoms with van der Waals surface area (Å²) in [6.07, 6.45) is 0. The maximum absolute atomic E-state index is 5.49. The van der Waals surface area contributed by atoms with Gasteiger partial charge in [0.05, 0.1) is 77.2 Å². The van der Waals surface area contributed by atoms with Gasteiger partial charge in [0.25, 0.3) is 0 Å². The highest BCUT2D eigenvalue weighted by Gasteiger charge is 2.31. The highest BCUT2D eigenvalue weighted by molar-refractivity contribution is 6.40. The molecule has 10 aromatic heterocycles. The molecule has 10 heteroatoms. The Bertz CT molecular complexity index is 9310. The standard InChI is InChI=1S/C106H58N10/c1-2-25-65(26-3-1)111-88-49-46-62(54-78(88)79-55-64(47-50-89(79)111)99-73-33-10-11-34-74(73)105(108-107-99)115-85-39-19-15-31-70(85)81-57-80-69-30-14-18-38-84(69)112-91-52-44-60-23-5-8-28-67(60)95(91)97(100(80)112)102(81)115)63-42-48-72-83-58-82-71-32-16-20-40-86(71)116(103(82)98-96-68-29-9-6-24-61(68)45-53-92(96)113(101(83)98)93(72)56-63)106-76-36-13-12-35-75(76)104(109-110-106)114-87-41-21-17-37-77(87)94-66-27-7-4-22-59(66)43-51-90(94)114/h1-58H. The van der Waals surface area contributed by atoms with E-state index >= 15 is 0 Å². The summed E-state index contributed by atoms with van der Waals surface area (Å²) in [6, 6.07) is 130. The molecule has 0 bridgehead atoms. The van der Waals surface area contributed by atoms with Crippen molar-refractivity contribution in [3.63, 3.8) is 0 Å². The molecule has 0 radical (unpaired) electrons. The quantitative estimate of drug-likeness (QED) is 0.166. The summed E-state index contributed by atoms with van der Waals surface area (Å²) >= 11 is 0. The van der Waals surface area contributed by atoms with Crippen LogP contribution in [0.5, 0.6) is 0 Å². The number of hydrogen-bond donors (Lipinski definition) is 0. The molecule has 532 valence electrons. The number of nitrogens with zero attached hydrogens (tertiary/aromatic N) is 10. The van der Waals surface area contributed by atoms with Crippen LogP contribution in [0, 0.1) is 0 Å². The molecular formula is C106H58N10. The van der Waals surface area contributed by atoms with Gasteiger partial charge < -0.3 is 13.4 Å². The molecule has 0 unspecified atom stereocenters. The Kier molecular flexibility index (Phi) is 11.6. The first-order chi connectivity index (χ1) is 57.6. The summed E-state index contributed by atoms with van der Waals surface area (Å²) in [6.45, 7) is 0. The number of benzene rings is 18. The van der Waals surface area contributed by atoms with Gasteiger partial charge in [0.1, 0.15) is 5.69 Å². The van der Waals surface area contributed by atoms with Gasteiger partial charge in [-0.3, -0.25) is 13.7 Å². The normalized spacial score (nSPS) is 12.7. The van der Waals surface area contributed by atoms with Gasteiger partial charge >= 0.3 is 0 Å². The minimum absolute atomic E-state index is 0.781. The molecule has 0 amide bonds. The van der Waals surface area contributed by atoms with Crippen molar-refractivity contribution >= 4 is 217 Å². The van der Waals surface area contributed by atoms with E-state index in [1.165, 1.54) is 119 Å². The molecule has 0 N–H and O–H groups in total. The number of rotatable bonds is 6. The van der Waals surface area contributed by atoms with Crippen LogP contribution in [-0.4, -0.2) is 47.5 Å². The van der Waals surface area contributed by atoms with Crippen molar-refractivity contribution in [3.8, 4) is 45.5 Å². The molecular weight excluding hydrogens is 1410 g/mol. The summed E-state index contributed by atoms with van der Waals surface area (Å²) in [5, 5.41) is 52.2.